The molecule has 2 aliphatic carbocycles. The Morgan fingerprint density at radius 3 is 2.47 bits per heavy atom. The summed E-state index contributed by atoms with van der Waals surface area (Å²) in [7, 11) is 0. The first-order chi connectivity index (χ1) is 22.7. The quantitative estimate of drug-likeness (QED) is 0.0848. The molecule has 2 aliphatic rings. The smallest absolute Gasteiger partial charge is 0.133 e. The Morgan fingerprint density at radius 2 is 1.74 bits per heavy atom. The largest absolute Gasteiger partial charge is 0.490 e. The summed E-state index contributed by atoms with van der Waals surface area (Å²) in [6.07, 6.45) is 3.79. The number of carbonyl (C=O) groups is 1. The van der Waals surface area contributed by atoms with Gasteiger partial charge in [0.25, 0.3) is 0 Å². The number of ether oxygens (including phenoxy) is 2. The Bertz CT molecular complexity index is 1480. The highest BCUT2D eigenvalue weighted by molar-refractivity contribution is 7.99. The Kier molecular flexibility index (Phi) is 12.5. The highest BCUT2D eigenvalue weighted by atomic mass is 32.2. The number of rotatable bonds is 20. The highest BCUT2D eigenvalue weighted by Crippen LogP contribution is 2.53. The van der Waals surface area contributed by atoms with E-state index < -0.39 is 31.0 Å². The Hall–Kier alpha value is -2.83. The number of aliphatic hydroxyl groups excluding tert-OH is 5. The van der Waals surface area contributed by atoms with Crippen LogP contribution in [-0.2, 0) is 28.2 Å². The lowest BCUT2D eigenvalue weighted by molar-refractivity contribution is -0.125. The molecule has 5 rings (SSSR count). The molecule has 254 valence electrons. The van der Waals surface area contributed by atoms with Gasteiger partial charge in [0, 0.05) is 41.3 Å². The number of ketones is 1. The number of hydrogen-bond acceptors (Lipinski definition) is 10. The zero-order chi connectivity index (χ0) is 33.4. The molecule has 0 saturated heterocycles. The number of para-hydroxylation sites is 1. The molecule has 0 aliphatic heterocycles. The number of aromatic nitrogens is 1. The van der Waals surface area contributed by atoms with Crippen molar-refractivity contribution in [2.75, 3.05) is 12.4 Å². The van der Waals surface area contributed by atoms with E-state index in [2.05, 4.69) is 42.2 Å². The lowest BCUT2D eigenvalue weighted by atomic mass is 9.96. The Balaban J connectivity index is 1.14. The second kappa shape index (κ2) is 16.5. The molecule has 3 aromatic rings. The summed E-state index contributed by atoms with van der Waals surface area (Å²) in [6.45, 7) is 1.89. The molecule has 5 N–H and O–H groups in total. The highest BCUT2D eigenvalue weighted by Gasteiger charge is 2.48. The first kappa shape index (κ1) is 35.5. The molecule has 10 heteroatoms. The summed E-state index contributed by atoms with van der Waals surface area (Å²) in [5.74, 6) is 1.61. The zero-order valence-electron chi connectivity index (χ0n) is 27.0. The van der Waals surface area contributed by atoms with Gasteiger partial charge in [-0.25, -0.2) is 0 Å². The third-order valence-corrected chi connectivity index (χ3v) is 10.1. The van der Waals surface area contributed by atoms with Crippen molar-refractivity contribution in [2.45, 2.75) is 112 Å². The normalized spacial score (nSPS) is 17.9. The molecule has 2 saturated carbocycles. The van der Waals surface area contributed by atoms with Crippen molar-refractivity contribution in [3.63, 3.8) is 0 Å². The van der Waals surface area contributed by atoms with E-state index in [0.717, 1.165) is 70.8 Å². The summed E-state index contributed by atoms with van der Waals surface area (Å²) >= 11 is 1.69. The van der Waals surface area contributed by atoms with Crippen molar-refractivity contribution in [1.82, 2.24) is 4.98 Å². The summed E-state index contributed by atoms with van der Waals surface area (Å²) in [5, 5.41) is 48.1. The first-order valence-corrected chi connectivity index (χ1v) is 17.7. The molecule has 4 atom stereocenters. The van der Waals surface area contributed by atoms with Crippen LogP contribution in [0.15, 0.2) is 65.8 Å². The van der Waals surface area contributed by atoms with Gasteiger partial charge in [-0.1, -0.05) is 31.2 Å². The molecule has 1 aromatic heterocycles. The van der Waals surface area contributed by atoms with Gasteiger partial charge in [-0.05, 0) is 91.7 Å². The number of nitrogens with zero attached hydrogens (tertiary/aromatic N) is 1. The second-order valence-corrected chi connectivity index (χ2v) is 13.8. The van der Waals surface area contributed by atoms with Gasteiger partial charge in [0.1, 0.15) is 29.8 Å². The van der Waals surface area contributed by atoms with Crippen molar-refractivity contribution < 1.29 is 39.8 Å². The van der Waals surface area contributed by atoms with Crippen molar-refractivity contribution in [1.29, 1.82) is 0 Å². The van der Waals surface area contributed by atoms with Gasteiger partial charge >= 0.3 is 0 Å². The number of pyridine rings is 1. The lowest BCUT2D eigenvalue weighted by Gasteiger charge is -2.25. The van der Waals surface area contributed by atoms with Gasteiger partial charge in [0.2, 0.25) is 0 Å². The third kappa shape index (κ3) is 9.41. The third-order valence-electron chi connectivity index (χ3n) is 8.99. The number of aliphatic hydroxyl groups is 5. The van der Waals surface area contributed by atoms with E-state index in [1.807, 2.05) is 30.6 Å². The maximum absolute atomic E-state index is 12.4. The second-order valence-electron chi connectivity index (χ2n) is 12.6. The molecule has 2 aromatic carbocycles. The standard InChI is InChI=1S/C37H47NO8S/c1-2-24-9-13-28(47-19-5-6-26(40)10-14-32(41)35(43)36(44)33(42)22-39)20-25(24)23-45-37(16-17-37)31-21-38-18-15-29(31)30-7-3-4-8-34(30)46-27-11-12-27/h3-4,7-9,13,15,18,20-21,27,32-33,35-36,39,41-44H,2,5-6,10-12,14,16-17,19,22-23H2,1H3/t32-,33+,35+,36+/m0/s1. The van der Waals surface area contributed by atoms with Crippen LogP contribution in [0, 0.1) is 0 Å². The van der Waals surface area contributed by atoms with E-state index in [1.165, 1.54) is 5.56 Å². The van der Waals surface area contributed by atoms with Crippen molar-refractivity contribution in [2.24, 2.45) is 0 Å². The Morgan fingerprint density at radius 1 is 0.979 bits per heavy atom. The number of hydrogen-bond donors (Lipinski definition) is 5. The minimum Gasteiger partial charge on any atom is -0.490 e. The molecule has 1 heterocycles. The van der Waals surface area contributed by atoms with E-state index in [4.69, 9.17) is 14.6 Å². The average Bonchev–Trinajstić information content (AvgIpc) is 4.05. The summed E-state index contributed by atoms with van der Waals surface area (Å²) in [4.78, 5) is 18.0. The predicted octanol–water partition coefficient (Wildman–Crippen LogP) is 4.72. The van der Waals surface area contributed by atoms with Gasteiger partial charge in [-0.3, -0.25) is 9.78 Å². The molecular formula is C37H47NO8S. The van der Waals surface area contributed by atoms with Gasteiger partial charge in [-0.2, -0.15) is 0 Å². The van der Waals surface area contributed by atoms with E-state index in [-0.39, 0.29) is 24.2 Å². The van der Waals surface area contributed by atoms with Crippen LogP contribution in [0.3, 0.4) is 0 Å². The minimum absolute atomic E-state index is 0.0347. The van der Waals surface area contributed by atoms with Gasteiger partial charge < -0.3 is 35.0 Å². The Labute approximate surface area is 281 Å². The van der Waals surface area contributed by atoms with Gasteiger partial charge in [0.15, 0.2) is 0 Å². The summed E-state index contributed by atoms with van der Waals surface area (Å²) in [6, 6.07) is 16.7. The molecular weight excluding hydrogens is 618 g/mol. The maximum atomic E-state index is 12.4. The van der Waals surface area contributed by atoms with E-state index in [1.54, 1.807) is 11.8 Å². The van der Waals surface area contributed by atoms with Crippen LogP contribution in [0.4, 0.5) is 0 Å². The fourth-order valence-electron chi connectivity index (χ4n) is 5.77. The average molecular weight is 666 g/mol. The topological polar surface area (TPSA) is 150 Å². The number of benzene rings is 2. The van der Waals surface area contributed by atoms with Crippen molar-refractivity contribution in [3.8, 4) is 16.9 Å². The number of aryl methyl sites for hydroxylation is 1. The van der Waals surface area contributed by atoms with Crippen LogP contribution >= 0.6 is 11.8 Å². The fraction of sp³-hybridized carbons (Fsp3) is 0.514. The molecule has 0 spiro atoms. The van der Waals surface area contributed by atoms with E-state index in [9.17, 15) is 25.2 Å². The number of carbonyl (C=O) groups excluding carboxylic acids is 1. The van der Waals surface area contributed by atoms with Crippen LogP contribution in [0.25, 0.3) is 11.1 Å². The fourth-order valence-corrected chi connectivity index (χ4v) is 6.68. The predicted molar refractivity (Wildman–Crippen MR) is 180 cm³/mol. The number of thioether (sulfide) groups is 1. The van der Waals surface area contributed by atoms with Crippen LogP contribution in [0.5, 0.6) is 5.75 Å². The molecule has 0 amide bonds. The van der Waals surface area contributed by atoms with Crippen LogP contribution in [0.2, 0.25) is 0 Å². The van der Waals surface area contributed by atoms with Crippen LogP contribution in [-0.4, -0.2) is 79.2 Å². The lowest BCUT2D eigenvalue weighted by Crippen LogP contribution is -2.45. The van der Waals surface area contributed by atoms with Crippen LogP contribution < -0.4 is 4.74 Å². The van der Waals surface area contributed by atoms with Crippen molar-refractivity contribution >= 4 is 17.5 Å². The monoisotopic (exact) mass is 665 g/mol. The van der Waals surface area contributed by atoms with E-state index in [0.29, 0.717) is 25.6 Å². The molecule has 47 heavy (non-hydrogen) atoms. The summed E-state index contributed by atoms with van der Waals surface area (Å²) < 4.78 is 13.0. The van der Waals surface area contributed by atoms with Gasteiger partial charge in [0.05, 0.1) is 31.0 Å². The molecule has 2 fully saturated rings. The molecule has 0 bridgehead atoms. The first-order valence-electron chi connectivity index (χ1n) is 16.7. The van der Waals surface area contributed by atoms with Crippen LogP contribution in [0.1, 0.15) is 75.0 Å². The minimum atomic E-state index is -1.69. The van der Waals surface area contributed by atoms with E-state index >= 15 is 0 Å². The number of Topliss-reactive ketones (excluding diaryl/α,β-unsaturated/α-hetero) is 1. The zero-order valence-corrected chi connectivity index (χ0v) is 27.8. The molecule has 0 radical (unpaired) electrons. The summed E-state index contributed by atoms with van der Waals surface area (Å²) in [5.41, 5.74) is 5.29. The molecule has 0 unspecified atom stereocenters. The molecule has 9 nitrogen and oxygen atoms in total. The SMILES string of the molecule is CCc1ccc(SCCCC(=O)CC[C@H](O)[C@@H](O)[C@H](O)[C@H](O)CO)cc1COC1(c2cnccc2-c2ccccc2OC2CC2)CC1. The van der Waals surface area contributed by atoms with Crippen molar-refractivity contribution in [3.05, 3.63) is 77.6 Å². The maximum Gasteiger partial charge on any atom is 0.133 e. The van der Waals surface area contributed by atoms with Gasteiger partial charge in [-0.15, -0.1) is 11.8 Å².